The Morgan fingerprint density at radius 1 is 1.25 bits per heavy atom. The number of amides is 1. The number of rotatable bonds is 1. The number of piperazine rings is 1. The molecule has 1 aliphatic rings. The van der Waals surface area contributed by atoms with Gasteiger partial charge in [-0.1, -0.05) is 13.8 Å². The van der Waals surface area contributed by atoms with Gasteiger partial charge < -0.3 is 15.4 Å². The van der Waals surface area contributed by atoms with Gasteiger partial charge in [-0.2, -0.15) is 0 Å². The van der Waals surface area contributed by atoms with Gasteiger partial charge in [0.15, 0.2) is 0 Å². The van der Waals surface area contributed by atoms with E-state index in [0.717, 1.165) is 18.8 Å². The topological polar surface area (TPSA) is 71.7 Å². The molecule has 136 valence electrons. The maximum absolute atomic E-state index is 12.4. The summed E-state index contributed by atoms with van der Waals surface area (Å²) >= 11 is 0. The van der Waals surface area contributed by atoms with Crippen LogP contribution in [-0.4, -0.2) is 46.8 Å². The summed E-state index contributed by atoms with van der Waals surface area (Å²) in [5.41, 5.74) is 5.85. The van der Waals surface area contributed by atoms with E-state index in [1.807, 2.05) is 54.5 Å². The molecule has 0 bridgehead atoms. The van der Waals surface area contributed by atoms with Gasteiger partial charge in [0.2, 0.25) is 0 Å². The third kappa shape index (κ3) is 5.28. The fraction of sp³-hybridized carbons (Fsp3) is 0.667. The third-order valence-electron chi connectivity index (χ3n) is 3.65. The van der Waals surface area contributed by atoms with E-state index in [1.165, 1.54) is 0 Å². The number of anilines is 2. The van der Waals surface area contributed by atoms with Crippen molar-refractivity contribution in [2.45, 2.75) is 59.6 Å². The molecule has 1 aromatic heterocycles. The maximum atomic E-state index is 12.4. The SMILES string of the molecule is CC.CC(C)(C)OC(=O)N1CCN(c2ccc(N)nc2)CC1(C)C. The molecule has 0 aliphatic carbocycles. The van der Waals surface area contributed by atoms with Crippen molar-refractivity contribution in [3.8, 4) is 0 Å². The molecule has 0 spiro atoms. The van der Waals surface area contributed by atoms with E-state index in [1.54, 1.807) is 17.2 Å². The molecule has 1 amide bonds. The summed E-state index contributed by atoms with van der Waals surface area (Å²) in [5.74, 6) is 0.510. The number of pyridine rings is 1. The molecule has 0 radical (unpaired) electrons. The molecular weight excluding hydrogens is 304 g/mol. The molecule has 2 rings (SSSR count). The Morgan fingerprint density at radius 2 is 1.88 bits per heavy atom. The van der Waals surface area contributed by atoms with Crippen molar-refractivity contribution < 1.29 is 9.53 Å². The van der Waals surface area contributed by atoms with Crippen molar-refractivity contribution in [1.29, 1.82) is 0 Å². The van der Waals surface area contributed by atoms with Crippen molar-refractivity contribution in [2.75, 3.05) is 30.3 Å². The number of carbonyl (C=O) groups excluding carboxylic acids is 1. The zero-order chi connectivity index (χ0) is 18.5. The van der Waals surface area contributed by atoms with Gasteiger partial charge in [-0.25, -0.2) is 9.78 Å². The molecule has 1 aliphatic heterocycles. The molecule has 1 aromatic rings. The summed E-state index contributed by atoms with van der Waals surface area (Å²) in [6.45, 7) is 15.8. The summed E-state index contributed by atoms with van der Waals surface area (Å²) in [6.07, 6.45) is 1.52. The van der Waals surface area contributed by atoms with E-state index in [0.29, 0.717) is 12.4 Å². The minimum absolute atomic E-state index is 0.257. The van der Waals surface area contributed by atoms with Crippen LogP contribution in [0.4, 0.5) is 16.3 Å². The van der Waals surface area contributed by atoms with Gasteiger partial charge in [0.05, 0.1) is 17.4 Å². The van der Waals surface area contributed by atoms with Crippen molar-refractivity contribution in [2.24, 2.45) is 0 Å². The van der Waals surface area contributed by atoms with Crippen LogP contribution in [0.2, 0.25) is 0 Å². The molecule has 24 heavy (non-hydrogen) atoms. The standard InChI is InChI=1S/C16H26N4O2.C2H6/c1-15(2,3)22-14(21)20-9-8-19(11-16(20,4)5)12-6-7-13(17)18-10-12;1-2/h6-7,10H,8-9,11H2,1-5H3,(H2,17,18);1-2H3. The molecule has 0 atom stereocenters. The van der Waals surface area contributed by atoms with Gasteiger partial charge in [-0.15, -0.1) is 0 Å². The van der Waals surface area contributed by atoms with Crippen LogP contribution >= 0.6 is 0 Å². The molecule has 0 aromatic carbocycles. The molecular formula is C18H32N4O2. The van der Waals surface area contributed by atoms with Gasteiger partial charge in [0.1, 0.15) is 11.4 Å². The molecule has 1 fully saturated rings. The number of aromatic nitrogens is 1. The lowest BCUT2D eigenvalue weighted by Crippen LogP contribution is -2.61. The normalized spacial score (nSPS) is 17.0. The van der Waals surface area contributed by atoms with Gasteiger partial charge in [-0.05, 0) is 46.8 Å². The zero-order valence-electron chi connectivity index (χ0n) is 16.1. The van der Waals surface area contributed by atoms with Gasteiger partial charge >= 0.3 is 6.09 Å². The number of nitrogens with two attached hydrogens (primary N) is 1. The molecule has 6 heteroatoms. The summed E-state index contributed by atoms with van der Waals surface area (Å²) < 4.78 is 5.51. The summed E-state index contributed by atoms with van der Waals surface area (Å²) in [5, 5.41) is 0. The number of ether oxygens (including phenoxy) is 1. The zero-order valence-corrected chi connectivity index (χ0v) is 16.1. The molecule has 2 heterocycles. The van der Waals surface area contributed by atoms with Crippen molar-refractivity contribution in [1.82, 2.24) is 9.88 Å². The number of nitrogens with zero attached hydrogens (tertiary/aromatic N) is 3. The van der Waals surface area contributed by atoms with Gasteiger partial charge in [0.25, 0.3) is 0 Å². The van der Waals surface area contributed by atoms with Crippen LogP contribution in [0.1, 0.15) is 48.5 Å². The number of nitrogen functional groups attached to an aromatic ring is 1. The fourth-order valence-corrected chi connectivity index (χ4v) is 2.62. The molecule has 1 saturated heterocycles. The highest BCUT2D eigenvalue weighted by Gasteiger charge is 2.39. The minimum Gasteiger partial charge on any atom is -0.444 e. The first-order chi connectivity index (χ1) is 11.1. The van der Waals surface area contributed by atoms with E-state index in [-0.39, 0.29) is 11.6 Å². The molecule has 0 saturated carbocycles. The monoisotopic (exact) mass is 336 g/mol. The first-order valence-corrected chi connectivity index (χ1v) is 8.56. The van der Waals surface area contributed by atoms with Crippen LogP contribution < -0.4 is 10.6 Å². The average molecular weight is 336 g/mol. The molecule has 0 unspecified atom stereocenters. The average Bonchev–Trinajstić information content (AvgIpc) is 2.47. The lowest BCUT2D eigenvalue weighted by molar-refractivity contribution is 0.000377. The van der Waals surface area contributed by atoms with Gasteiger partial charge in [-0.3, -0.25) is 4.90 Å². The van der Waals surface area contributed by atoms with Crippen molar-refractivity contribution >= 4 is 17.6 Å². The van der Waals surface area contributed by atoms with Gasteiger partial charge in [0, 0.05) is 19.6 Å². The quantitative estimate of drug-likeness (QED) is 0.849. The van der Waals surface area contributed by atoms with E-state index in [2.05, 4.69) is 9.88 Å². The lowest BCUT2D eigenvalue weighted by Gasteiger charge is -2.47. The predicted octanol–water partition coefficient (Wildman–Crippen LogP) is 3.53. The first-order valence-electron chi connectivity index (χ1n) is 8.56. The minimum atomic E-state index is -0.481. The van der Waals surface area contributed by atoms with E-state index in [4.69, 9.17) is 10.5 Å². The van der Waals surface area contributed by atoms with E-state index >= 15 is 0 Å². The summed E-state index contributed by atoms with van der Waals surface area (Å²) in [7, 11) is 0. The van der Waals surface area contributed by atoms with Crippen LogP contribution in [0.25, 0.3) is 0 Å². The second kappa shape index (κ2) is 7.73. The van der Waals surface area contributed by atoms with Crippen LogP contribution in [0, 0.1) is 0 Å². The lowest BCUT2D eigenvalue weighted by atomic mass is 9.99. The number of hydrogen-bond acceptors (Lipinski definition) is 5. The molecule has 6 nitrogen and oxygen atoms in total. The largest absolute Gasteiger partial charge is 0.444 e. The second-order valence-corrected chi connectivity index (χ2v) is 7.31. The Kier molecular flexibility index (Phi) is 6.46. The smallest absolute Gasteiger partial charge is 0.410 e. The summed E-state index contributed by atoms with van der Waals surface area (Å²) in [6, 6.07) is 3.75. The Labute approximate surface area is 146 Å². The first kappa shape index (κ1) is 20.1. The highest BCUT2D eigenvalue weighted by molar-refractivity contribution is 5.70. The Balaban J connectivity index is 0.00000139. The van der Waals surface area contributed by atoms with Crippen molar-refractivity contribution in [3.05, 3.63) is 18.3 Å². The third-order valence-corrected chi connectivity index (χ3v) is 3.65. The molecule has 2 N–H and O–H groups in total. The van der Waals surface area contributed by atoms with Crippen LogP contribution in [0.3, 0.4) is 0 Å². The highest BCUT2D eigenvalue weighted by atomic mass is 16.6. The number of carbonyl (C=O) groups is 1. The van der Waals surface area contributed by atoms with Crippen LogP contribution in [0.15, 0.2) is 18.3 Å². The van der Waals surface area contributed by atoms with E-state index in [9.17, 15) is 4.79 Å². The fourth-order valence-electron chi connectivity index (χ4n) is 2.62. The predicted molar refractivity (Wildman–Crippen MR) is 99.2 cm³/mol. The Bertz CT molecular complexity index is 535. The number of hydrogen-bond donors (Lipinski definition) is 1. The van der Waals surface area contributed by atoms with Crippen LogP contribution in [-0.2, 0) is 4.74 Å². The van der Waals surface area contributed by atoms with Crippen molar-refractivity contribution in [3.63, 3.8) is 0 Å². The Morgan fingerprint density at radius 3 is 2.33 bits per heavy atom. The summed E-state index contributed by atoms with van der Waals surface area (Å²) in [4.78, 5) is 20.5. The maximum Gasteiger partial charge on any atom is 0.410 e. The van der Waals surface area contributed by atoms with Crippen LogP contribution in [0.5, 0.6) is 0 Å². The van der Waals surface area contributed by atoms with E-state index < -0.39 is 5.60 Å². The highest BCUT2D eigenvalue weighted by Crippen LogP contribution is 2.27. The second-order valence-electron chi connectivity index (χ2n) is 7.31. The Hall–Kier alpha value is -1.98.